The first-order valence-electron chi connectivity index (χ1n) is 9.31. The van der Waals surface area contributed by atoms with E-state index in [0.717, 1.165) is 16.8 Å². The fourth-order valence-electron chi connectivity index (χ4n) is 3.66. The topological polar surface area (TPSA) is 66.8 Å². The summed E-state index contributed by atoms with van der Waals surface area (Å²) in [5.41, 5.74) is 3.76. The number of anilines is 1. The molecule has 2 aromatic rings. The fourth-order valence-corrected chi connectivity index (χ4v) is 7.60. The van der Waals surface area contributed by atoms with Crippen LogP contribution in [-0.4, -0.2) is 42.3 Å². The standard InChI is InChI=1S/C21H21FN2O3S2/c1-13-3-8-17(9-14(13)2)24-18-11-29(26,27)12-19(18)28-21(24)23-20(25)10-15-4-6-16(22)7-5-15/h3-9,18-19H,10-12H2,1-2H3/t18-,19+/m0/s1. The van der Waals surface area contributed by atoms with E-state index in [2.05, 4.69) is 4.99 Å². The average Bonchev–Trinajstić information content (AvgIpc) is 3.10. The van der Waals surface area contributed by atoms with Gasteiger partial charge in [0, 0.05) is 10.9 Å². The number of benzene rings is 2. The molecule has 1 amide bonds. The molecule has 0 radical (unpaired) electrons. The smallest absolute Gasteiger partial charge is 0.252 e. The Bertz CT molecular complexity index is 1100. The van der Waals surface area contributed by atoms with Crippen LogP contribution in [0, 0.1) is 19.7 Å². The van der Waals surface area contributed by atoms with Gasteiger partial charge in [-0.2, -0.15) is 4.99 Å². The van der Waals surface area contributed by atoms with Crippen molar-refractivity contribution in [2.75, 3.05) is 16.4 Å². The lowest BCUT2D eigenvalue weighted by Gasteiger charge is -2.25. The molecule has 2 atom stereocenters. The maximum Gasteiger partial charge on any atom is 0.252 e. The van der Waals surface area contributed by atoms with E-state index in [9.17, 15) is 17.6 Å². The van der Waals surface area contributed by atoms with Crippen LogP contribution in [0.25, 0.3) is 0 Å². The lowest BCUT2D eigenvalue weighted by molar-refractivity contribution is -0.117. The molecule has 2 aromatic carbocycles. The zero-order chi connectivity index (χ0) is 20.8. The minimum Gasteiger partial charge on any atom is -0.316 e. The molecular formula is C21H21FN2O3S2. The molecule has 2 saturated heterocycles. The van der Waals surface area contributed by atoms with Gasteiger partial charge in [-0.15, -0.1) is 0 Å². The minimum absolute atomic E-state index is 0.0583. The van der Waals surface area contributed by atoms with Gasteiger partial charge in [-0.05, 0) is 54.8 Å². The Hall–Kier alpha value is -2.19. The summed E-state index contributed by atoms with van der Waals surface area (Å²) in [6.45, 7) is 4.02. The Kier molecular flexibility index (Phi) is 5.25. The van der Waals surface area contributed by atoms with Crippen molar-refractivity contribution in [3.05, 3.63) is 65.0 Å². The number of amides is 1. The second-order valence-corrected chi connectivity index (χ2v) is 10.9. The predicted octanol–water partition coefficient (Wildman–Crippen LogP) is 3.29. The number of halogens is 1. The molecule has 4 rings (SSSR count). The van der Waals surface area contributed by atoms with Crippen molar-refractivity contribution in [1.29, 1.82) is 0 Å². The van der Waals surface area contributed by atoms with Crippen LogP contribution in [-0.2, 0) is 21.1 Å². The van der Waals surface area contributed by atoms with Crippen molar-refractivity contribution < 1.29 is 17.6 Å². The fraction of sp³-hybridized carbons (Fsp3) is 0.333. The third-order valence-corrected chi connectivity index (χ3v) is 8.53. The summed E-state index contributed by atoms with van der Waals surface area (Å²) in [4.78, 5) is 18.8. The first kappa shape index (κ1) is 20.1. The van der Waals surface area contributed by atoms with Gasteiger partial charge < -0.3 is 4.90 Å². The number of aliphatic imine (C=N–C) groups is 1. The van der Waals surface area contributed by atoms with E-state index in [-0.39, 0.29) is 40.9 Å². The highest BCUT2D eigenvalue weighted by molar-refractivity contribution is 8.16. The molecule has 2 heterocycles. The molecular weight excluding hydrogens is 411 g/mol. The Balaban J connectivity index is 1.65. The van der Waals surface area contributed by atoms with Gasteiger partial charge in [0.2, 0.25) is 0 Å². The van der Waals surface area contributed by atoms with E-state index in [1.807, 2.05) is 36.9 Å². The maximum atomic E-state index is 13.1. The number of thioether (sulfide) groups is 1. The van der Waals surface area contributed by atoms with Gasteiger partial charge in [0.25, 0.3) is 5.91 Å². The van der Waals surface area contributed by atoms with E-state index in [0.29, 0.717) is 10.7 Å². The molecule has 0 aliphatic carbocycles. The minimum atomic E-state index is -3.11. The van der Waals surface area contributed by atoms with E-state index in [4.69, 9.17) is 0 Å². The van der Waals surface area contributed by atoms with E-state index < -0.39 is 9.84 Å². The van der Waals surface area contributed by atoms with E-state index in [1.165, 1.54) is 23.9 Å². The molecule has 5 nitrogen and oxygen atoms in total. The van der Waals surface area contributed by atoms with E-state index >= 15 is 0 Å². The number of nitrogens with zero attached hydrogens (tertiary/aromatic N) is 2. The second-order valence-electron chi connectivity index (χ2n) is 7.53. The molecule has 2 aliphatic rings. The number of hydrogen-bond donors (Lipinski definition) is 0. The molecule has 29 heavy (non-hydrogen) atoms. The lowest BCUT2D eigenvalue weighted by atomic mass is 10.1. The molecule has 0 unspecified atom stereocenters. The number of aryl methyl sites for hydroxylation is 2. The van der Waals surface area contributed by atoms with Crippen LogP contribution in [0.15, 0.2) is 47.5 Å². The molecule has 0 spiro atoms. The summed E-state index contributed by atoms with van der Waals surface area (Å²) in [6, 6.07) is 11.5. The van der Waals surface area contributed by atoms with Crippen molar-refractivity contribution in [3.63, 3.8) is 0 Å². The maximum absolute atomic E-state index is 13.1. The molecule has 152 valence electrons. The van der Waals surface area contributed by atoms with Gasteiger partial charge in [0.15, 0.2) is 15.0 Å². The Morgan fingerprint density at radius 2 is 1.86 bits per heavy atom. The zero-order valence-corrected chi connectivity index (χ0v) is 17.8. The molecule has 2 aliphatic heterocycles. The summed E-state index contributed by atoms with van der Waals surface area (Å²) in [5, 5.41) is 0.393. The molecule has 0 saturated carbocycles. The van der Waals surface area contributed by atoms with Crippen molar-refractivity contribution in [3.8, 4) is 0 Å². The zero-order valence-electron chi connectivity index (χ0n) is 16.1. The lowest BCUT2D eigenvalue weighted by Crippen LogP contribution is -2.37. The Morgan fingerprint density at radius 3 is 2.55 bits per heavy atom. The Morgan fingerprint density at radius 1 is 1.14 bits per heavy atom. The summed E-state index contributed by atoms with van der Waals surface area (Å²) in [7, 11) is -3.11. The van der Waals surface area contributed by atoms with Crippen LogP contribution in [0.1, 0.15) is 16.7 Å². The first-order valence-corrected chi connectivity index (χ1v) is 12.0. The van der Waals surface area contributed by atoms with Crippen LogP contribution in [0.3, 0.4) is 0 Å². The van der Waals surface area contributed by atoms with Crippen LogP contribution in [0.5, 0.6) is 0 Å². The van der Waals surface area contributed by atoms with Crippen LogP contribution >= 0.6 is 11.8 Å². The number of fused-ring (bicyclic) bond motifs is 1. The molecule has 0 N–H and O–H groups in total. The van der Waals surface area contributed by atoms with Crippen molar-refractivity contribution >= 4 is 38.4 Å². The van der Waals surface area contributed by atoms with Gasteiger partial charge in [-0.1, -0.05) is 30.0 Å². The highest BCUT2D eigenvalue weighted by Crippen LogP contribution is 2.41. The number of amidine groups is 1. The normalized spacial score (nSPS) is 24.1. The number of hydrogen-bond acceptors (Lipinski definition) is 4. The number of sulfone groups is 1. The number of carbonyl (C=O) groups excluding carboxylic acids is 1. The molecule has 0 bridgehead atoms. The largest absolute Gasteiger partial charge is 0.316 e. The quantitative estimate of drug-likeness (QED) is 0.745. The molecule has 0 aromatic heterocycles. The highest BCUT2D eigenvalue weighted by atomic mass is 32.2. The molecule has 2 fully saturated rings. The van der Waals surface area contributed by atoms with Gasteiger partial charge in [0.1, 0.15) is 5.82 Å². The highest BCUT2D eigenvalue weighted by Gasteiger charge is 2.49. The van der Waals surface area contributed by atoms with Gasteiger partial charge in [-0.25, -0.2) is 12.8 Å². The van der Waals surface area contributed by atoms with Crippen LogP contribution in [0.2, 0.25) is 0 Å². The number of rotatable bonds is 3. The predicted molar refractivity (Wildman–Crippen MR) is 115 cm³/mol. The van der Waals surface area contributed by atoms with Gasteiger partial charge >= 0.3 is 0 Å². The van der Waals surface area contributed by atoms with Gasteiger partial charge in [0.05, 0.1) is 24.0 Å². The van der Waals surface area contributed by atoms with Gasteiger partial charge in [-0.3, -0.25) is 4.79 Å². The second kappa shape index (κ2) is 7.57. The SMILES string of the molecule is Cc1ccc(N2C(=NC(=O)Cc3ccc(F)cc3)S[C@@H]3CS(=O)(=O)C[C@@H]32)cc1C. The number of carbonyl (C=O) groups is 1. The van der Waals surface area contributed by atoms with Crippen molar-refractivity contribution in [2.24, 2.45) is 4.99 Å². The monoisotopic (exact) mass is 432 g/mol. The summed E-state index contributed by atoms with van der Waals surface area (Å²) in [6.07, 6.45) is 0.0682. The van der Waals surface area contributed by atoms with Crippen LogP contribution in [0.4, 0.5) is 10.1 Å². The van der Waals surface area contributed by atoms with Crippen molar-refractivity contribution in [2.45, 2.75) is 31.6 Å². The first-order chi connectivity index (χ1) is 13.7. The van der Waals surface area contributed by atoms with Crippen molar-refractivity contribution in [1.82, 2.24) is 0 Å². The third-order valence-electron chi connectivity index (χ3n) is 5.32. The Labute approximate surface area is 173 Å². The summed E-state index contributed by atoms with van der Waals surface area (Å²) < 4.78 is 37.4. The van der Waals surface area contributed by atoms with E-state index in [1.54, 1.807) is 12.1 Å². The third kappa shape index (κ3) is 4.23. The summed E-state index contributed by atoms with van der Waals surface area (Å²) >= 11 is 1.35. The average molecular weight is 433 g/mol. The van der Waals surface area contributed by atoms with Crippen LogP contribution < -0.4 is 4.90 Å². The molecule has 8 heteroatoms. The summed E-state index contributed by atoms with van der Waals surface area (Å²) in [5.74, 6) is -0.540.